The van der Waals surface area contributed by atoms with Gasteiger partial charge in [0, 0.05) is 0 Å². The Kier molecular flexibility index (Phi) is 4.14. The molecule has 0 bridgehead atoms. The van der Waals surface area contributed by atoms with Crippen LogP contribution in [-0.2, 0) is 10.0 Å². The van der Waals surface area contributed by atoms with Gasteiger partial charge in [-0.1, -0.05) is 11.6 Å². The summed E-state index contributed by atoms with van der Waals surface area (Å²) in [6, 6.07) is 3.06. The Morgan fingerprint density at radius 3 is 2.59 bits per heavy atom. The predicted molar refractivity (Wildman–Crippen MR) is 62.9 cm³/mol. The van der Waals surface area contributed by atoms with E-state index in [4.69, 9.17) is 16.7 Å². The summed E-state index contributed by atoms with van der Waals surface area (Å²) in [5, 5.41) is 8.92. The number of benzene rings is 1. The third kappa shape index (κ3) is 3.64. The first kappa shape index (κ1) is 14.4. The second-order valence-electron chi connectivity index (χ2n) is 4.22. The lowest BCUT2D eigenvalue weighted by atomic mass is 10.1. The van der Waals surface area contributed by atoms with Crippen molar-refractivity contribution in [1.82, 2.24) is 4.72 Å². The lowest BCUT2D eigenvalue weighted by Crippen LogP contribution is -2.46. The Hall–Kier alpha value is -0.690. The Morgan fingerprint density at radius 1 is 1.47 bits per heavy atom. The third-order valence-electron chi connectivity index (χ3n) is 1.99. The van der Waals surface area contributed by atoms with Crippen LogP contribution in [0, 0.1) is 5.82 Å². The quantitative estimate of drug-likeness (QED) is 0.879. The summed E-state index contributed by atoms with van der Waals surface area (Å²) in [6.07, 6.45) is 0. The Balaban J connectivity index is 3.18. The summed E-state index contributed by atoms with van der Waals surface area (Å²) in [6.45, 7) is 2.61. The van der Waals surface area contributed by atoms with Crippen LogP contribution < -0.4 is 4.72 Å². The van der Waals surface area contributed by atoms with E-state index in [0.717, 1.165) is 18.2 Å². The molecule has 7 heteroatoms. The number of rotatable bonds is 4. The highest BCUT2D eigenvalue weighted by atomic mass is 35.5. The summed E-state index contributed by atoms with van der Waals surface area (Å²) in [7, 11) is -3.97. The van der Waals surface area contributed by atoms with E-state index in [-0.39, 0.29) is 16.5 Å². The maximum absolute atomic E-state index is 13.0. The molecule has 2 N–H and O–H groups in total. The first-order chi connectivity index (χ1) is 7.68. The molecule has 0 aliphatic heterocycles. The van der Waals surface area contributed by atoms with Crippen molar-refractivity contribution >= 4 is 21.6 Å². The van der Waals surface area contributed by atoms with Gasteiger partial charge in [0.2, 0.25) is 10.0 Å². The summed E-state index contributed by atoms with van der Waals surface area (Å²) >= 11 is 5.70. The molecule has 0 atom stereocenters. The summed E-state index contributed by atoms with van der Waals surface area (Å²) in [5.41, 5.74) is -1.05. The normalized spacial score (nSPS) is 12.8. The van der Waals surface area contributed by atoms with E-state index in [9.17, 15) is 12.8 Å². The minimum atomic E-state index is -3.97. The highest BCUT2D eigenvalue weighted by molar-refractivity contribution is 7.89. The zero-order valence-corrected chi connectivity index (χ0v) is 10.9. The Bertz CT molecular complexity index is 516. The Morgan fingerprint density at radius 2 is 2.06 bits per heavy atom. The largest absolute Gasteiger partial charge is 0.394 e. The van der Waals surface area contributed by atoms with Gasteiger partial charge in [0.25, 0.3) is 0 Å². The van der Waals surface area contributed by atoms with E-state index in [1.54, 1.807) is 0 Å². The molecule has 17 heavy (non-hydrogen) atoms. The molecular formula is C10H13ClFNO3S. The molecule has 0 saturated carbocycles. The van der Waals surface area contributed by atoms with E-state index >= 15 is 0 Å². The summed E-state index contributed by atoms with van der Waals surface area (Å²) in [5.74, 6) is -0.698. The van der Waals surface area contributed by atoms with Gasteiger partial charge in [-0.15, -0.1) is 0 Å². The third-order valence-corrected chi connectivity index (χ3v) is 4.17. The average Bonchev–Trinajstić information content (AvgIpc) is 2.20. The first-order valence-electron chi connectivity index (χ1n) is 4.78. The second kappa shape index (κ2) is 4.89. The predicted octanol–water partition coefficient (Wildman–Crippen LogP) is 1.53. The number of hydrogen-bond acceptors (Lipinski definition) is 3. The molecule has 0 saturated heterocycles. The first-order valence-corrected chi connectivity index (χ1v) is 6.64. The molecule has 1 rings (SSSR count). The minimum Gasteiger partial charge on any atom is -0.394 e. The van der Waals surface area contributed by atoms with Crippen molar-refractivity contribution in [3.05, 3.63) is 29.0 Å². The standard InChI is InChI=1S/C10H13ClFNO3S/c1-10(2,6-14)13-17(15,16)9-5-7(12)3-4-8(9)11/h3-5,13-14H,6H2,1-2H3. The van der Waals surface area contributed by atoms with Crippen molar-refractivity contribution < 1.29 is 17.9 Å². The topological polar surface area (TPSA) is 66.4 Å². The fraction of sp³-hybridized carbons (Fsp3) is 0.400. The van der Waals surface area contributed by atoms with E-state index in [2.05, 4.69) is 4.72 Å². The van der Waals surface area contributed by atoms with Gasteiger partial charge in [-0.2, -0.15) is 0 Å². The van der Waals surface area contributed by atoms with Crippen molar-refractivity contribution in [3.8, 4) is 0 Å². The lowest BCUT2D eigenvalue weighted by molar-refractivity contribution is 0.208. The van der Waals surface area contributed by atoms with Crippen LogP contribution in [0.3, 0.4) is 0 Å². The fourth-order valence-corrected chi connectivity index (χ4v) is 3.05. The molecule has 0 spiro atoms. The SMILES string of the molecule is CC(C)(CO)NS(=O)(=O)c1cc(F)ccc1Cl. The minimum absolute atomic E-state index is 0.0763. The van der Waals surface area contributed by atoms with Crippen LogP contribution in [0.2, 0.25) is 5.02 Å². The summed E-state index contributed by atoms with van der Waals surface area (Å²) < 4.78 is 39.0. The average molecular weight is 282 g/mol. The molecule has 0 unspecified atom stereocenters. The van der Waals surface area contributed by atoms with Gasteiger partial charge in [0.15, 0.2) is 0 Å². The van der Waals surface area contributed by atoms with E-state index in [0.29, 0.717) is 0 Å². The van der Waals surface area contributed by atoms with Crippen LogP contribution in [0.4, 0.5) is 4.39 Å². The van der Waals surface area contributed by atoms with Crippen molar-refractivity contribution in [2.45, 2.75) is 24.3 Å². The number of halogens is 2. The van der Waals surface area contributed by atoms with Crippen LogP contribution >= 0.6 is 11.6 Å². The van der Waals surface area contributed by atoms with Crippen molar-refractivity contribution in [2.75, 3.05) is 6.61 Å². The summed E-state index contributed by atoms with van der Waals surface area (Å²) in [4.78, 5) is -0.347. The smallest absolute Gasteiger partial charge is 0.242 e. The molecule has 0 aromatic heterocycles. The highest BCUT2D eigenvalue weighted by Gasteiger charge is 2.27. The van der Waals surface area contributed by atoms with Crippen LogP contribution in [-0.4, -0.2) is 25.7 Å². The van der Waals surface area contributed by atoms with Crippen LogP contribution in [0.25, 0.3) is 0 Å². The molecule has 0 amide bonds. The number of sulfonamides is 1. The van der Waals surface area contributed by atoms with E-state index < -0.39 is 21.4 Å². The van der Waals surface area contributed by atoms with Gasteiger partial charge in [-0.05, 0) is 32.0 Å². The van der Waals surface area contributed by atoms with Gasteiger partial charge in [0.05, 0.1) is 17.2 Å². The number of hydrogen-bond donors (Lipinski definition) is 2. The molecule has 96 valence electrons. The zero-order valence-electron chi connectivity index (χ0n) is 9.37. The molecule has 0 radical (unpaired) electrons. The molecular weight excluding hydrogens is 269 g/mol. The number of aliphatic hydroxyl groups is 1. The van der Waals surface area contributed by atoms with E-state index in [1.807, 2.05) is 0 Å². The lowest BCUT2D eigenvalue weighted by Gasteiger charge is -2.23. The molecule has 0 aliphatic carbocycles. The van der Waals surface area contributed by atoms with Gasteiger partial charge in [0.1, 0.15) is 10.7 Å². The second-order valence-corrected chi connectivity index (χ2v) is 6.28. The molecule has 4 nitrogen and oxygen atoms in total. The molecule has 0 fully saturated rings. The van der Waals surface area contributed by atoms with Gasteiger partial charge in [-0.25, -0.2) is 17.5 Å². The molecule has 0 aliphatic rings. The molecule has 1 aromatic carbocycles. The van der Waals surface area contributed by atoms with E-state index in [1.165, 1.54) is 13.8 Å². The van der Waals surface area contributed by atoms with Crippen molar-refractivity contribution in [2.24, 2.45) is 0 Å². The zero-order chi connectivity index (χ0) is 13.3. The number of aliphatic hydroxyl groups excluding tert-OH is 1. The van der Waals surface area contributed by atoms with Crippen LogP contribution in [0.5, 0.6) is 0 Å². The van der Waals surface area contributed by atoms with Crippen molar-refractivity contribution in [1.29, 1.82) is 0 Å². The highest BCUT2D eigenvalue weighted by Crippen LogP contribution is 2.23. The molecule has 0 heterocycles. The molecule has 1 aromatic rings. The monoisotopic (exact) mass is 281 g/mol. The van der Waals surface area contributed by atoms with Gasteiger partial charge >= 0.3 is 0 Å². The maximum atomic E-state index is 13.0. The van der Waals surface area contributed by atoms with Crippen LogP contribution in [0.1, 0.15) is 13.8 Å². The van der Waals surface area contributed by atoms with Crippen LogP contribution in [0.15, 0.2) is 23.1 Å². The maximum Gasteiger partial charge on any atom is 0.242 e. The van der Waals surface area contributed by atoms with Crippen molar-refractivity contribution in [3.63, 3.8) is 0 Å². The van der Waals surface area contributed by atoms with Gasteiger partial charge in [-0.3, -0.25) is 0 Å². The van der Waals surface area contributed by atoms with Gasteiger partial charge < -0.3 is 5.11 Å². The Labute approximate surface area is 104 Å². The fourth-order valence-electron chi connectivity index (χ4n) is 1.13. The number of nitrogens with one attached hydrogen (secondary N) is 1.